The molecule has 0 spiro atoms. The number of carbonyl (C=O) groups excluding carboxylic acids is 2. The highest BCUT2D eigenvalue weighted by molar-refractivity contribution is 6.52. The zero-order valence-electron chi connectivity index (χ0n) is 6.41. The lowest BCUT2D eigenvalue weighted by atomic mass is 9.93. The van der Waals surface area contributed by atoms with Gasteiger partial charge in [-0.25, -0.2) is 0 Å². The van der Waals surface area contributed by atoms with Crippen LogP contribution in [0, 0.1) is 0 Å². The van der Waals surface area contributed by atoms with Crippen LogP contribution >= 0.6 is 0 Å². The summed E-state index contributed by atoms with van der Waals surface area (Å²) in [5, 5.41) is 0. The first-order valence-corrected chi connectivity index (χ1v) is 3.76. The molecule has 1 aliphatic carbocycles. The molecular formula is C9H7NO2. The van der Waals surface area contributed by atoms with Crippen molar-refractivity contribution in [1.82, 2.24) is 0 Å². The molecule has 0 fully saturated rings. The third kappa shape index (κ3) is 1.03. The fourth-order valence-electron chi connectivity index (χ4n) is 1.33. The van der Waals surface area contributed by atoms with Crippen molar-refractivity contribution in [1.29, 1.82) is 0 Å². The average molecular weight is 161 g/mol. The molecule has 2 rings (SSSR count). The van der Waals surface area contributed by atoms with Crippen LogP contribution in [0.3, 0.4) is 0 Å². The van der Waals surface area contributed by atoms with E-state index in [4.69, 9.17) is 0 Å². The second-order valence-corrected chi connectivity index (χ2v) is 2.76. The number of hydrogen-bond acceptors (Lipinski definition) is 3. The van der Waals surface area contributed by atoms with Gasteiger partial charge in [0.25, 0.3) is 0 Å². The summed E-state index contributed by atoms with van der Waals surface area (Å²) in [6.45, 7) is 0.548. The Kier molecular flexibility index (Phi) is 1.50. The van der Waals surface area contributed by atoms with E-state index in [1.54, 1.807) is 6.08 Å². The van der Waals surface area contributed by atoms with Crippen molar-refractivity contribution < 1.29 is 9.59 Å². The van der Waals surface area contributed by atoms with E-state index in [1.165, 1.54) is 6.08 Å². The number of allylic oxidation sites excluding steroid dienone is 3. The molecule has 0 amide bonds. The van der Waals surface area contributed by atoms with Crippen LogP contribution in [0.2, 0.25) is 0 Å². The monoisotopic (exact) mass is 161 g/mol. The van der Waals surface area contributed by atoms with Crippen LogP contribution in [-0.2, 0) is 9.59 Å². The van der Waals surface area contributed by atoms with Gasteiger partial charge in [-0.15, -0.1) is 0 Å². The zero-order valence-corrected chi connectivity index (χ0v) is 6.41. The van der Waals surface area contributed by atoms with Crippen molar-refractivity contribution >= 4 is 17.3 Å². The van der Waals surface area contributed by atoms with Gasteiger partial charge in [0.2, 0.25) is 0 Å². The molecule has 0 aromatic carbocycles. The first-order valence-electron chi connectivity index (χ1n) is 3.76. The maximum absolute atomic E-state index is 11.2. The maximum atomic E-state index is 11.2. The Morgan fingerprint density at radius 3 is 3.00 bits per heavy atom. The minimum atomic E-state index is -0.151. The molecule has 3 nitrogen and oxygen atoms in total. The quantitative estimate of drug-likeness (QED) is 0.485. The van der Waals surface area contributed by atoms with Crippen LogP contribution in [0.1, 0.15) is 6.42 Å². The first kappa shape index (κ1) is 7.16. The van der Waals surface area contributed by atoms with Gasteiger partial charge in [-0.05, 0) is 6.08 Å². The van der Waals surface area contributed by atoms with Crippen molar-refractivity contribution in [2.75, 3.05) is 6.54 Å². The standard InChI is InChI=1S/C9H7NO2/c11-7-4-6-2-1-3-10-9(6)8(12)5-7/h1-2,4H,3,5H2. The highest BCUT2D eigenvalue weighted by Gasteiger charge is 2.24. The van der Waals surface area contributed by atoms with Gasteiger partial charge in [0.05, 0.1) is 13.0 Å². The molecule has 3 heteroatoms. The van der Waals surface area contributed by atoms with Crippen LogP contribution in [0.25, 0.3) is 0 Å². The fraction of sp³-hybridized carbons (Fsp3) is 0.222. The summed E-state index contributed by atoms with van der Waals surface area (Å²) < 4.78 is 0. The average Bonchev–Trinajstić information content (AvgIpc) is 2.04. The third-order valence-electron chi connectivity index (χ3n) is 1.84. The molecule has 2 aliphatic rings. The summed E-state index contributed by atoms with van der Waals surface area (Å²) in [5.74, 6) is -0.276. The molecule has 60 valence electrons. The number of ketones is 2. The van der Waals surface area contributed by atoms with E-state index in [1.807, 2.05) is 6.08 Å². The maximum Gasteiger partial charge on any atom is 0.189 e. The highest BCUT2D eigenvalue weighted by Crippen LogP contribution is 2.14. The van der Waals surface area contributed by atoms with Crippen molar-refractivity contribution in [3.05, 3.63) is 23.8 Å². The van der Waals surface area contributed by atoms with Gasteiger partial charge in [-0.3, -0.25) is 14.6 Å². The van der Waals surface area contributed by atoms with Crippen LogP contribution in [0.5, 0.6) is 0 Å². The molecule has 0 saturated heterocycles. The molecule has 12 heavy (non-hydrogen) atoms. The van der Waals surface area contributed by atoms with Crippen LogP contribution < -0.4 is 0 Å². The van der Waals surface area contributed by atoms with E-state index >= 15 is 0 Å². The lowest BCUT2D eigenvalue weighted by Crippen LogP contribution is -2.25. The lowest BCUT2D eigenvalue weighted by molar-refractivity contribution is -0.121. The van der Waals surface area contributed by atoms with Gasteiger partial charge in [0.1, 0.15) is 5.71 Å². The molecule has 0 atom stereocenters. The molecule has 1 heterocycles. The molecule has 0 unspecified atom stereocenters. The number of nitrogens with zero attached hydrogens (tertiary/aromatic N) is 1. The molecule has 0 bridgehead atoms. The Balaban J connectivity index is 2.49. The topological polar surface area (TPSA) is 46.5 Å². The van der Waals surface area contributed by atoms with E-state index in [9.17, 15) is 9.59 Å². The Labute approximate surface area is 69.5 Å². The van der Waals surface area contributed by atoms with Gasteiger partial charge < -0.3 is 0 Å². The van der Waals surface area contributed by atoms with Crippen LogP contribution in [0.15, 0.2) is 28.8 Å². The van der Waals surface area contributed by atoms with E-state index in [0.717, 1.165) is 0 Å². The summed E-state index contributed by atoms with van der Waals surface area (Å²) in [5.41, 5.74) is 1.14. The molecule has 0 aromatic heterocycles. The second-order valence-electron chi connectivity index (χ2n) is 2.76. The summed E-state index contributed by atoms with van der Waals surface area (Å²) in [4.78, 5) is 26.2. The number of aliphatic imine (C=N–C) groups is 1. The molecule has 0 N–H and O–H groups in total. The Morgan fingerprint density at radius 1 is 1.33 bits per heavy atom. The summed E-state index contributed by atoms with van der Waals surface area (Å²) in [6, 6.07) is 0. The van der Waals surface area contributed by atoms with Crippen LogP contribution in [-0.4, -0.2) is 23.8 Å². The second kappa shape index (κ2) is 2.52. The van der Waals surface area contributed by atoms with Crippen molar-refractivity contribution in [3.8, 4) is 0 Å². The molecule has 1 aliphatic heterocycles. The third-order valence-corrected chi connectivity index (χ3v) is 1.84. The predicted octanol–water partition coefficient (Wildman–Crippen LogP) is 0.465. The number of fused-ring (bicyclic) bond motifs is 1. The van der Waals surface area contributed by atoms with Crippen molar-refractivity contribution in [2.45, 2.75) is 6.42 Å². The van der Waals surface area contributed by atoms with Gasteiger partial charge in [0, 0.05) is 5.57 Å². The largest absolute Gasteiger partial charge is 0.294 e. The van der Waals surface area contributed by atoms with Gasteiger partial charge >= 0.3 is 0 Å². The molecule has 0 radical (unpaired) electrons. The first-order chi connectivity index (χ1) is 5.77. The van der Waals surface area contributed by atoms with Gasteiger partial charge in [-0.2, -0.15) is 0 Å². The van der Waals surface area contributed by atoms with E-state index < -0.39 is 0 Å². The number of Topliss-reactive ketones (excluding diaryl/α,β-unsaturated/α-hetero) is 1. The zero-order chi connectivity index (χ0) is 8.55. The summed E-state index contributed by atoms with van der Waals surface area (Å²) >= 11 is 0. The number of carbonyl (C=O) groups is 2. The van der Waals surface area contributed by atoms with Crippen molar-refractivity contribution in [2.24, 2.45) is 4.99 Å². The number of rotatable bonds is 0. The smallest absolute Gasteiger partial charge is 0.189 e. The van der Waals surface area contributed by atoms with Gasteiger partial charge in [0.15, 0.2) is 11.6 Å². The predicted molar refractivity (Wildman–Crippen MR) is 44.2 cm³/mol. The summed E-state index contributed by atoms with van der Waals surface area (Å²) in [7, 11) is 0. The number of hydrogen-bond donors (Lipinski definition) is 0. The minimum Gasteiger partial charge on any atom is -0.294 e. The van der Waals surface area contributed by atoms with Crippen LogP contribution in [0.4, 0.5) is 0 Å². The molecule has 0 aromatic rings. The Bertz CT molecular complexity index is 348. The summed E-state index contributed by atoms with van der Waals surface area (Å²) in [6.07, 6.45) is 5.07. The minimum absolute atomic E-state index is 0.0177. The molecule has 0 saturated carbocycles. The Morgan fingerprint density at radius 2 is 2.17 bits per heavy atom. The fourth-order valence-corrected chi connectivity index (χ4v) is 1.33. The SMILES string of the molecule is O=C1C=C2C=CCN=C2C(=O)C1. The molecular weight excluding hydrogens is 154 g/mol. The van der Waals surface area contributed by atoms with E-state index in [0.29, 0.717) is 17.8 Å². The van der Waals surface area contributed by atoms with Gasteiger partial charge in [-0.1, -0.05) is 12.2 Å². The Hall–Kier alpha value is -1.51. The normalized spacial score (nSPS) is 21.7. The number of dihydropyridines is 1. The highest BCUT2D eigenvalue weighted by atomic mass is 16.1. The van der Waals surface area contributed by atoms with E-state index in [2.05, 4.69) is 4.99 Å². The van der Waals surface area contributed by atoms with Crippen molar-refractivity contribution in [3.63, 3.8) is 0 Å². The lowest BCUT2D eigenvalue weighted by Gasteiger charge is -2.13. The van der Waals surface area contributed by atoms with E-state index in [-0.39, 0.29) is 18.0 Å².